The first-order valence-electron chi connectivity index (χ1n) is 6.86. The van der Waals surface area contributed by atoms with Crippen molar-refractivity contribution in [3.8, 4) is 5.75 Å². The molecule has 0 aliphatic carbocycles. The van der Waals surface area contributed by atoms with E-state index in [1.54, 1.807) is 0 Å². The smallest absolute Gasteiger partial charge is 0.251 e. The van der Waals surface area contributed by atoms with Gasteiger partial charge in [0, 0.05) is 12.1 Å². The SMILES string of the molecule is COc1cc(C(=O)NCC2(C)CCNCC2)ccc1F.Cl. The van der Waals surface area contributed by atoms with Crippen LogP contribution in [0.2, 0.25) is 0 Å². The second kappa shape index (κ2) is 7.61. The molecule has 0 saturated carbocycles. The average Bonchev–Trinajstić information content (AvgIpc) is 2.46. The van der Waals surface area contributed by atoms with Crippen LogP contribution in [0.15, 0.2) is 18.2 Å². The zero-order valence-electron chi connectivity index (χ0n) is 12.4. The molecule has 0 spiro atoms. The van der Waals surface area contributed by atoms with Gasteiger partial charge in [0.05, 0.1) is 7.11 Å². The number of amides is 1. The van der Waals surface area contributed by atoms with Gasteiger partial charge >= 0.3 is 0 Å². The van der Waals surface area contributed by atoms with Crippen LogP contribution in [0.4, 0.5) is 4.39 Å². The summed E-state index contributed by atoms with van der Waals surface area (Å²) in [6, 6.07) is 4.15. The van der Waals surface area contributed by atoms with E-state index in [4.69, 9.17) is 4.74 Å². The number of carbonyl (C=O) groups excluding carboxylic acids is 1. The molecule has 0 atom stereocenters. The molecule has 0 unspecified atom stereocenters. The molecule has 6 heteroatoms. The number of halogens is 2. The van der Waals surface area contributed by atoms with Crippen LogP contribution in [0, 0.1) is 11.2 Å². The lowest BCUT2D eigenvalue weighted by molar-refractivity contribution is 0.0922. The molecule has 118 valence electrons. The number of hydrogen-bond acceptors (Lipinski definition) is 3. The number of methoxy groups -OCH3 is 1. The number of carbonyl (C=O) groups is 1. The molecule has 0 bridgehead atoms. The summed E-state index contributed by atoms with van der Waals surface area (Å²) in [5.41, 5.74) is 0.547. The van der Waals surface area contributed by atoms with Gasteiger partial charge in [-0.05, 0) is 49.5 Å². The summed E-state index contributed by atoms with van der Waals surface area (Å²) in [7, 11) is 1.39. The summed E-state index contributed by atoms with van der Waals surface area (Å²) in [5.74, 6) is -0.567. The van der Waals surface area contributed by atoms with Crippen molar-refractivity contribution in [1.82, 2.24) is 10.6 Å². The Morgan fingerprint density at radius 1 is 1.43 bits per heavy atom. The largest absolute Gasteiger partial charge is 0.494 e. The first-order chi connectivity index (χ1) is 9.54. The molecule has 0 aromatic heterocycles. The Labute approximate surface area is 130 Å². The molecule has 2 N–H and O–H groups in total. The minimum atomic E-state index is -0.464. The van der Waals surface area contributed by atoms with E-state index in [0.717, 1.165) is 25.9 Å². The molecule has 1 aromatic carbocycles. The predicted molar refractivity (Wildman–Crippen MR) is 82.7 cm³/mol. The third-order valence-corrected chi connectivity index (χ3v) is 3.90. The molecule has 4 nitrogen and oxygen atoms in total. The minimum Gasteiger partial charge on any atom is -0.494 e. The Morgan fingerprint density at radius 2 is 2.10 bits per heavy atom. The molecule has 2 rings (SSSR count). The lowest BCUT2D eigenvalue weighted by Crippen LogP contribution is -2.42. The standard InChI is InChI=1S/C15H21FN2O2.ClH/c1-15(5-7-17-8-6-15)10-18-14(19)11-3-4-12(16)13(9-11)20-2;/h3-4,9,17H,5-8,10H2,1-2H3,(H,18,19);1H. The summed E-state index contributed by atoms with van der Waals surface area (Å²) < 4.78 is 18.2. The van der Waals surface area contributed by atoms with Crippen LogP contribution in [0.3, 0.4) is 0 Å². The highest BCUT2D eigenvalue weighted by Crippen LogP contribution is 2.27. The maximum atomic E-state index is 13.3. The van der Waals surface area contributed by atoms with Crippen LogP contribution in [-0.4, -0.2) is 32.7 Å². The second-order valence-electron chi connectivity index (χ2n) is 5.59. The Morgan fingerprint density at radius 3 is 2.71 bits per heavy atom. The number of nitrogens with one attached hydrogen (secondary N) is 2. The number of ether oxygens (including phenoxy) is 1. The van der Waals surface area contributed by atoms with Crippen LogP contribution in [0.1, 0.15) is 30.1 Å². The van der Waals surface area contributed by atoms with Gasteiger partial charge in [0.2, 0.25) is 0 Å². The van der Waals surface area contributed by atoms with Gasteiger partial charge in [0.1, 0.15) is 0 Å². The van der Waals surface area contributed by atoms with Gasteiger partial charge in [-0.25, -0.2) is 4.39 Å². The molecule has 1 fully saturated rings. The zero-order chi connectivity index (χ0) is 14.6. The van der Waals surface area contributed by atoms with Gasteiger partial charge in [0.15, 0.2) is 11.6 Å². The lowest BCUT2D eigenvalue weighted by atomic mass is 9.81. The minimum absolute atomic E-state index is 0. The zero-order valence-corrected chi connectivity index (χ0v) is 13.2. The van der Waals surface area contributed by atoms with Crippen molar-refractivity contribution in [2.75, 3.05) is 26.7 Å². The van der Waals surface area contributed by atoms with Crippen molar-refractivity contribution < 1.29 is 13.9 Å². The van der Waals surface area contributed by atoms with Crippen LogP contribution in [-0.2, 0) is 0 Å². The van der Waals surface area contributed by atoms with E-state index in [2.05, 4.69) is 17.6 Å². The molecule has 1 heterocycles. The molecule has 1 amide bonds. The first kappa shape index (κ1) is 17.7. The van der Waals surface area contributed by atoms with E-state index < -0.39 is 5.82 Å². The molecule has 1 aliphatic rings. The highest BCUT2D eigenvalue weighted by atomic mass is 35.5. The van der Waals surface area contributed by atoms with E-state index in [-0.39, 0.29) is 29.5 Å². The van der Waals surface area contributed by atoms with Crippen molar-refractivity contribution in [2.24, 2.45) is 5.41 Å². The van der Waals surface area contributed by atoms with Crippen molar-refractivity contribution in [3.05, 3.63) is 29.6 Å². The van der Waals surface area contributed by atoms with Gasteiger partial charge < -0.3 is 15.4 Å². The third-order valence-electron chi connectivity index (χ3n) is 3.90. The first-order valence-corrected chi connectivity index (χ1v) is 6.86. The fourth-order valence-corrected chi connectivity index (χ4v) is 2.40. The Balaban J connectivity index is 0.00000220. The molecular weight excluding hydrogens is 295 g/mol. The average molecular weight is 317 g/mol. The van der Waals surface area contributed by atoms with Gasteiger partial charge in [0.25, 0.3) is 5.91 Å². The van der Waals surface area contributed by atoms with Gasteiger partial charge in [-0.2, -0.15) is 0 Å². The van der Waals surface area contributed by atoms with E-state index in [1.807, 2.05) is 0 Å². The maximum absolute atomic E-state index is 13.3. The van der Waals surface area contributed by atoms with Crippen molar-refractivity contribution >= 4 is 18.3 Å². The summed E-state index contributed by atoms with van der Waals surface area (Å²) in [6.45, 7) is 4.78. The van der Waals surface area contributed by atoms with E-state index >= 15 is 0 Å². The van der Waals surface area contributed by atoms with Crippen LogP contribution in [0.5, 0.6) is 5.75 Å². The summed E-state index contributed by atoms with van der Waals surface area (Å²) >= 11 is 0. The number of hydrogen-bond donors (Lipinski definition) is 2. The summed E-state index contributed by atoms with van der Waals surface area (Å²) in [4.78, 5) is 12.1. The van der Waals surface area contributed by atoms with Crippen molar-refractivity contribution in [2.45, 2.75) is 19.8 Å². The van der Waals surface area contributed by atoms with Crippen molar-refractivity contribution in [3.63, 3.8) is 0 Å². The van der Waals surface area contributed by atoms with E-state index in [9.17, 15) is 9.18 Å². The van der Waals surface area contributed by atoms with Crippen molar-refractivity contribution in [1.29, 1.82) is 0 Å². The topological polar surface area (TPSA) is 50.4 Å². The Bertz CT molecular complexity index is 491. The number of rotatable bonds is 4. The Hall–Kier alpha value is -1.33. The van der Waals surface area contributed by atoms with Crippen LogP contribution in [0.25, 0.3) is 0 Å². The highest BCUT2D eigenvalue weighted by molar-refractivity contribution is 5.94. The molecule has 21 heavy (non-hydrogen) atoms. The molecule has 1 aliphatic heterocycles. The lowest BCUT2D eigenvalue weighted by Gasteiger charge is -2.34. The predicted octanol–water partition coefficient (Wildman–Crippen LogP) is 2.38. The van der Waals surface area contributed by atoms with Crippen LogP contribution < -0.4 is 15.4 Å². The van der Waals surface area contributed by atoms with Gasteiger partial charge in [-0.15, -0.1) is 12.4 Å². The van der Waals surface area contributed by atoms with Gasteiger partial charge in [-0.1, -0.05) is 6.92 Å². The van der Waals surface area contributed by atoms with E-state index in [1.165, 1.54) is 25.3 Å². The number of piperidine rings is 1. The normalized spacial score (nSPS) is 16.7. The Kier molecular flexibility index (Phi) is 6.42. The fourth-order valence-electron chi connectivity index (χ4n) is 2.40. The third kappa shape index (κ3) is 4.58. The molecule has 0 radical (unpaired) electrons. The monoisotopic (exact) mass is 316 g/mol. The van der Waals surface area contributed by atoms with E-state index in [0.29, 0.717) is 12.1 Å². The second-order valence-corrected chi connectivity index (χ2v) is 5.59. The van der Waals surface area contributed by atoms with Gasteiger partial charge in [-0.3, -0.25) is 4.79 Å². The van der Waals surface area contributed by atoms with Crippen LogP contribution >= 0.6 is 12.4 Å². The summed E-state index contributed by atoms with van der Waals surface area (Å²) in [6.07, 6.45) is 2.08. The summed E-state index contributed by atoms with van der Waals surface area (Å²) in [5, 5.41) is 6.24. The quantitative estimate of drug-likeness (QED) is 0.896. The molecular formula is C15H22ClFN2O2. The fraction of sp³-hybridized carbons (Fsp3) is 0.533. The molecule has 1 saturated heterocycles. The highest BCUT2D eigenvalue weighted by Gasteiger charge is 2.27. The number of benzene rings is 1. The molecule has 1 aromatic rings. The maximum Gasteiger partial charge on any atom is 0.251 e.